The number of hydrogen-bond donors (Lipinski definition) is 1. The van der Waals surface area contributed by atoms with Crippen molar-refractivity contribution in [2.24, 2.45) is 0 Å². The second-order valence-electron chi connectivity index (χ2n) is 17.8. The number of phosphoric ester groups is 1. The minimum Gasteiger partial charge on any atom is -0.457 e. The monoisotopic (exact) mass is 903 g/mol. The molecule has 0 bridgehead atoms. The lowest BCUT2D eigenvalue weighted by molar-refractivity contribution is -0.870. The van der Waals surface area contributed by atoms with Crippen LogP contribution >= 0.6 is 7.82 Å². The number of esters is 1. The van der Waals surface area contributed by atoms with E-state index in [1.807, 2.05) is 21.1 Å². The van der Waals surface area contributed by atoms with Crippen LogP contribution in [0.4, 0.5) is 0 Å². The van der Waals surface area contributed by atoms with Crippen molar-refractivity contribution in [3.8, 4) is 0 Å². The third-order valence-electron chi connectivity index (χ3n) is 10.5. The fourth-order valence-electron chi connectivity index (χ4n) is 6.62. The first-order valence-electron chi connectivity index (χ1n) is 25.3. The number of nitrogens with zero attached hydrogens (tertiary/aromatic N) is 1. The van der Waals surface area contributed by atoms with Gasteiger partial charge in [0.15, 0.2) is 0 Å². The normalized spacial score (nSPS) is 14.3. The topological polar surface area (TPSA) is 91.3 Å². The smallest absolute Gasteiger partial charge is 0.457 e. The molecule has 0 spiro atoms. The third-order valence-corrected chi connectivity index (χ3v) is 11.4. The summed E-state index contributed by atoms with van der Waals surface area (Å²) in [5.74, 6) is -0.327. The van der Waals surface area contributed by atoms with Gasteiger partial charge in [-0.05, 0) is 83.5 Å². The van der Waals surface area contributed by atoms with E-state index < -0.39 is 13.9 Å². The number of allylic oxidation sites excluding steroid dienone is 14. The molecule has 0 amide bonds. The van der Waals surface area contributed by atoms with Gasteiger partial charge in [0.05, 0.1) is 34.4 Å². The molecule has 2 atom stereocenters. The minimum atomic E-state index is -4.29. The lowest BCUT2D eigenvalue weighted by Crippen LogP contribution is -2.37. The molecule has 0 aromatic rings. The second-order valence-corrected chi connectivity index (χ2v) is 19.2. The second kappa shape index (κ2) is 46.2. The number of carbonyl (C=O) groups is 1. The van der Waals surface area contributed by atoms with Gasteiger partial charge in [-0.15, -0.1) is 0 Å². The van der Waals surface area contributed by atoms with E-state index in [0.717, 1.165) is 83.5 Å². The van der Waals surface area contributed by atoms with E-state index >= 15 is 0 Å². The van der Waals surface area contributed by atoms with Crippen molar-refractivity contribution in [2.75, 3.05) is 54.1 Å². The van der Waals surface area contributed by atoms with E-state index in [1.165, 1.54) is 89.9 Å². The van der Waals surface area contributed by atoms with Crippen molar-refractivity contribution in [1.82, 2.24) is 0 Å². The van der Waals surface area contributed by atoms with E-state index in [1.54, 1.807) is 0 Å². The molecule has 0 saturated heterocycles. The van der Waals surface area contributed by atoms with Gasteiger partial charge >= 0.3 is 13.8 Å². The summed E-state index contributed by atoms with van der Waals surface area (Å²) in [5, 5.41) is 0. The first-order chi connectivity index (χ1) is 30.6. The van der Waals surface area contributed by atoms with Crippen molar-refractivity contribution in [3.05, 3.63) is 85.1 Å². The molecule has 0 rings (SSSR count). The van der Waals surface area contributed by atoms with Gasteiger partial charge in [-0.1, -0.05) is 189 Å². The van der Waals surface area contributed by atoms with Crippen LogP contribution in [-0.2, 0) is 27.9 Å². The molecule has 0 aliphatic heterocycles. The summed E-state index contributed by atoms with van der Waals surface area (Å²) in [6, 6.07) is 0. The third kappa shape index (κ3) is 50.5. The Kier molecular flexibility index (Phi) is 44.5. The Morgan fingerprint density at radius 2 is 0.873 bits per heavy atom. The zero-order valence-corrected chi connectivity index (χ0v) is 42.2. The van der Waals surface area contributed by atoms with Crippen LogP contribution in [0.1, 0.15) is 194 Å². The van der Waals surface area contributed by atoms with Gasteiger partial charge < -0.3 is 18.9 Å². The standard InChI is InChI=1S/C54H96NO7P/c1-6-8-10-12-14-16-18-20-22-24-25-26-27-28-29-30-32-34-36-38-40-42-44-46-49-59-51-53(52-61-63(57,58)60-50-48-55(3,4)5)62-54(56)47-45-43-41-39-37-35-33-31-23-21-19-17-15-13-11-9-7-2/h8-11,14-17,20-23,25-26,53H,6-7,12-13,18-19,24,27-52H2,1-5H3/p+1/b10-8-,11-9-,16-14-,17-15-,22-20-,23-21-,26-25-. The van der Waals surface area contributed by atoms with Crippen molar-refractivity contribution >= 4 is 13.8 Å². The Bertz CT molecular complexity index is 1280. The summed E-state index contributed by atoms with van der Waals surface area (Å²) < 4.78 is 35.1. The Balaban J connectivity index is 4.15. The van der Waals surface area contributed by atoms with Crippen LogP contribution in [0.3, 0.4) is 0 Å². The van der Waals surface area contributed by atoms with Crippen LogP contribution in [0.25, 0.3) is 0 Å². The number of unbranched alkanes of at least 4 members (excludes halogenated alkanes) is 18. The highest BCUT2D eigenvalue weighted by Crippen LogP contribution is 2.43. The van der Waals surface area contributed by atoms with Gasteiger partial charge in [0.1, 0.15) is 19.3 Å². The quantitative estimate of drug-likeness (QED) is 0.0214. The molecule has 0 saturated carbocycles. The van der Waals surface area contributed by atoms with Crippen molar-refractivity contribution < 1.29 is 37.3 Å². The Morgan fingerprint density at radius 1 is 0.492 bits per heavy atom. The average molecular weight is 903 g/mol. The highest BCUT2D eigenvalue weighted by molar-refractivity contribution is 7.47. The molecule has 0 radical (unpaired) electrons. The molecular weight excluding hydrogens is 806 g/mol. The maximum absolute atomic E-state index is 12.7. The molecule has 0 fully saturated rings. The molecule has 0 aromatic carbocycles. The Hall–Kier alpha value is -2.32. The maximum atomic E-state index is 12.7. The Morgan fingerprint density at radius 3 is 1.30 bits per heavy atom. The average Bonchev–Trinajstić information content (AvgIpc) is 3.24. The molecule has 0 aliphatic carbocycles. The number of phosphoric acid groups is 1. The van der Waals surface area contributed by atoms with Crippen LogP contribution in [-0.4, -0.2) is 75.6 Å². The SMILES string of the molecule is CC/C=C\C/C=C\C/C=C\C/C=C\CCCCCCCCCCCCCOCC(COP(=O)(O)OCC[N+](C)(C)C)OC(=O)CCCCCCCCC/C=C\C/C=C\C/C=C\CC. The number of hydrogen-bond acceptors (Lipinski definition) is 6. The number of carbonyl (C=O) groups excluding carboxylic acids is 1. The zero-order chi connectivity index (χ0) is 46.2. The zero-order valence-electron chi connectivity index (χ0n) is 41.3. The predicted molar refractivity (Wildman–Crippen MR) is 270 cm³/mol. The van der Waals surface area contributed by atoms with E-state index in [2.05, 4.69) is 98.9 Å². The largest absolute Gasteiger partial charge is 0.472 e. The lowest BCUT2D eigenvalue weighted by Gasteiger charge is -2.24. The van der Waals surface area contributed by atoms with Crippen molar-refractivity contribution in [2.45, 2.75) is 200 Å². The molecule has 1 N–H and O–H groups in total. The van der Waals surface area contributed by atoms with E-state index in [-0.39, 0.29) is 25.8 Å². The summed E-state index contributed by atoms with van der Waals surface area (Å²) in [5.41, 5.74) is 0. The number of ether oxygens (including phenoxy) is 2. The highest BCUT2D eigenvalue weighted by Gasteiger charge is 2.26. The number of likely N-dealkylation sites (N-methyl/N-ethyl adjacent to an activating group) is 1. The van der Waals surface area contributed by atoms with Crippen molar-refractivity contribution in [3.63, 3.8) is 0 Å². The minimum absolute atomic E-state index is 0.0818. The molecule has 0 aliphatic rings. The van der Waals surface area contributed by atoms with Crippen LogP contribution < -0.4 is 0 Å². The van der Waals surface area contributed by atoms with Crippen LogP contribution in [0, 0.1) is 0 Å². The highest BCUT2D eigenvalue weighted by atomic mass is 31.2. The molecule has 0 aromatic heterocycles. The molecule has 8 nitrogen and oxygen atoms in total. The van der Waals surface area contributed by atoms with Gasteiger partial charge in [-0.2, -0.15) is 0 Å². The molecule has 63 heavy (non-hydrogen) atoms. The number of quaternary nitrogens is 1. The van der Waals surface area contributed by atoms with Gasteiger partial charge in [0.25, 0.3) is 0 Å². The first kappa shape index (κ1) is 60.7. The van der Waals surface area contributed by atoms with E-state index in [4.69, 9.17) is 18.5 Å². The first-order valence-corrected chi connectivity index (χ1v) is 26.8. The summed E-state index contributed by atoms with van der Waals surface area (Å²) in [6.07, 6.45) is 62.0. The van der Waals surface area contributed by atoms with Gasteiger partial charge in [0, 0.05) is 13.0 Å². The van der Waals surface area contributed by atoms with Crippen molar-refractivity contribution in [1.29, 1.82) is 0 Å². The number of rotatable bonds is 46. The van der Waals surface area contributed by atoms with Crippen LogP contribution in [0.2, 0.25) is 0 Å². The molecular formula is C54H97NO7P+. The molecule has 364 valence electrons. The van der Waals surface area contributed by atoms with E-state index in [0.29, 0.717) is 24.1 Å². The van der Waals surface area contributed by atoms with Gasteiger partial charge in [0.2, 0.25) is 0 Å². The summed E-state index contributed by atoms with van der Waals surface area (Å²) in [7, 11) is 1.65. The fraction of sp³-hybridized carbons (Fsp3) is 0.722. The summed E-state index contributed by atoms with van der Waals surface area (Å²) >= 11 is 0. The van der Waals surface area contributed by atoms with Gasteiger partial charge in [-0.25, -0.2) is 4.57 Å². The fourth-order valence-corrected chi connectivity index (χ4v) is 7.36. The van der Waals surface area contributed by atoms with Crippen LogP contribution in [0.5, 0.6) is 0 Å². The Labute approximate surface area is 388 Å². The van der Waals surface area contributed by atoms with Gasteiger partial charge in [-0.3, -0.25) is 13.8 Å². The van der Waals surface area contributed by atoms with Crippen LogP contribution in [0.15, 0.2) is 85.1 Å². The molecule has 2 unspecified atom stereocenters. The maximum Gasteiger partial charge on any atom is 0.472 e. The summed E-state index contributed by atoms with van der Waals surface area (Å²) in [6.45, 7) is 5.38. The predicted octanol–water partition coefficient (Wildman–Crippen LogP) is 15.6. The molecule has 9 heteroatoms. The molecule has 0 heterocycles. The lowest BCUT2D eigenvalue weighted by atomic mass is 10.1. The summed E-state index contributed by atoms with van der Waals surface area (Å²) in [4.78, 5) is 23.0. The van der Waals surface area contributed by atoms with E-state index in [9.17, 15) is 14.3 Å².